The summed E-state index contributed by atoms with van der Waals surface area (Å²) in [5.74, 6) is -3.08. The van der Waals surface area contributed by atoms with Crippen molar-refractivity contribution >= 4 is 97.1 Å². The van der Waals surface area contributed by atoms with Crippen LogP contribution in [0.15, 0.2) is 62.9 Å². The summed E-state index contributed by atoms with van der Waals surface area (Å²) in [5, 5.41) is 47.8. The van der Waals surface area contributed by atoms with Gasteiger partial charge >= 0.3 is 0 Å². The van der Waals surface area contributed by atoms with Crippen molar-refractivity contribution in [1.29, 1.82) is 0 Å². The number of hydrogen-bond acceptors (Lipinski definition) is 8. The van der Waals surface area contributed by atoms with Gasteiger partial charge in [0.15, 0.2) is 11.4 Å². The van der Waals surface area contributed by atoms with E-state index in [-0.39, 0.29) is 64.4 Å². The number of halogens is 4. The Bertz CT molecular complexity index is 1870. The van der Waals surface area contributed by atoms with Gasteiger partial charge in [0.05, 0.1) is 37.1 Å². The van der Waals surface area contributed by atoms with Gasteiger partial charge in [-0.1, -0.05) is 46.4 Å². The van der Waals surface area contributed by atoms with E-state index in [2.05, 4.69) is 30.4 Å². The molecule has 0 radical (unpaired) electrons. The highest BCUT2D eigenvalue weighted by Crippen LogP contribution is 2.41. The van der Waals surface area contributed by atoms with Crippen molar-refractivity contribution < 1.29 is 24.7 Å². The van der Waals surface area contributed by atoms with Crippen molar-refractivity contribution in [3.8, 4) is 11.8 Å². The maximum Gasteiger partial charge on any atom is 0.295 e. The molecule has 0 saturated carbocycles. The van der Waals surface area contributed by atoms with Crippen LogP contribution in [0.4, 0.5) is 17.1 Å². The molecule has 0 bridgehead atoms. The Labute approximate surface area is 247 Å². The number of rotatable bonds is 5. The third-order valence-electron chi connectivity index (χ3n) is 5.66. The number of aromatic amines is 2. The van der Waals surface area contributed by atoms with Crippen LogP contribution in [-0.4, -0.2) is 36.9 Å². The first-order chi connectivity index (χ1) is 19.4. The molecule has 4 N–H and O–H groups in total. The van der Waals surface area contributed by atoms with Crippen molar-refractivity contribution in [1.82, 2.24) is 9.97 Å². The molecule has 17 heteroatoms. The summed E-state index contributed by atoms with van der Waals surface area (Å²) in [6.45, 7) is 0. The van der Waals surface area contributed by atoms with E-state index in [0.717, 1.165) is 18.2 Å². The molecular weight excluding hydrogens is 624 g/mol. The topological polar surface area (TPSA) is 199 Å². The number of aromatic hydroxyl groups is 2. The number of nitro benzene ring substituents is 1. The van der Waals surface area contributed by atoms with E-state index >= 15 is 0 Å². The highest BCUT2D eigenvalue weighted by Gasteiger charge is 2.20. The number of benzene rings is 3. The van der Waals surface area contributed by atoms with E-state index < -0.39 is 34.2 Å². The second kappa shape index (κ2) is 10.8. The van der Waals surface area contributed by atoms with E-state index in [9.17, 15) is 29.9 Å². The number of carbonyl (C=O) groups excluding carboxylic acids is 2. The summed E-state index contributed by atoms with van der Waals surface area (Å²) in [6, 6.07) is 8.48. The Kier molecular flexibility index (Phi) is 7.36. The van der Waals surface area contributed by atoms with Crippen LogP contribution in [0.25, 0.3) is 21.8 Å². The van der Waals surface area contributed by atoms with Crippen LogP contribution in [0.5, 0.6) is 11.8 Å². The predicted molar refractivity (Wildman–Crippen MR) is 151 cm³/mol. The van der Waals surface area contributed by atoms with E-state index in [4.69, 9.17) is 46.4 Å². The zero-order valence-electron chi connectivity index (χ0n) is 19.8. The normalized spacial score (nSPS) is 11.8. The predicted octanol–water partition coefficient (Wildman–Crippen LogP) is 8.43. The van der Waals surface area contributed by atoms with E-state index in [0.29, 0.717) is 0 Å². The molecule has 2 aromatic heterocycles. The maximum atomic E-state index is 12.8. The molecule has 0 aliphatic rings. The van der Waals surface area contributed by atoms with E-state index in [1.807, 2.05) is 0 Å². The largest absolute Gasteiger partial charge is 0.493 e. The highest BCUT2D eigenvalue weighted by atomic mass is 35.5. The van der Waals surface area contributed by atoms with Gasteiger partial charge in [-0.15, -0.1) is 20.5 Å². The Hall–Kier alpha value is -4.56. The minimum Gasteiger partial charge on any atom is -0.493 e. The summed E-state index contributed by atoms with van der Waals surface area (Å²) in [7, 11) is 0. The second-order valence-corrected chi connectivity index (χ2v) is 9.99. The zero-order chi connectivity index (χ0) is 29.6. The number of azo groups is 2. The molecule has 0 unspecified atom stereocenters. The van der Waals surface area contributed by atoms with Crippen molar-refractivity contribution in [2.75, 3.05) is 0 Å². The fraction of sp³-hybridized carbons (Fsp3) is 0. The number of hydrogen-bond donors (Lipinski definition) is 4. The summed E-state index contributed by atoms with van der Waals surface area (Å²) in [5.41, 5.74) is -1.13. The first-order valence-electron chi connectivity index (χ1n) is 11.0. The number of non-ortho nitro benzene ring substituents is 1. The van der Waals surface area contributed by atoms with Gasteiger partial charge in [0, 0.05) is 33.0 Å². The van der Waals surface area contributed by atoms with Crippen molar-refractivity contribution in [2.24, 2.45) is 20.5 Å². The van der Waals surface area contributed by atoms with Crippen LogP contribution in [0.3, 0.4) is 0 Å². The summed E-state index contributed by atoms with van der Waals surface area (Å²) in [4.78, 5) is 41.5. The summed E-state index contributed by atoms with van der Waals surface area (Å²) in [6.07, 6.45) is 0. The SMILES string of the molecule is O=C(N=Nc1c(O)[nH]c2c(Cl)cc(Cl)cc12)c1cc(C(=O)N=Nc2c(O)[nH]c3c(Cl)cc(Cl)cc23)cc([N+](=O)[O-])c1. The van der Waals surface area contributed by atoms with Gasteiger partial charge in [-0.05, 0) is 30.3 Å². The van der Waals surface area contributed by atoms with Gasteiger partial charge < -0.3 is 20.2 Å². The lowest BCUT2D eigenvalue weighted by Gasteiger charge is -2.00. The fourth-order valence-electron chi connectivity index (χ4n) is 3.86. The number of nitrogens with zero attached hydrogens (tertiary/aromatic N) is 5. The van der Waals surface area contributed by atoms with Gasteiger partial charge in [0.25, 0.3) is 17.5 Å². The summed E-state index contributed by atoms with van der Waals surface area (Å²) >= 11 is 24.2. The molecule has 0 aliphatic carbocycles. The van der Waals surface area contributed by atoms with Gasteiger partial charge in [0.1, 0.15) is 0 Å². The summed E-state index contributed by atoms with van der Waals surface area (Å²) < 4.78 is 0. The molecule has 0 atom stereocenters. The third kappa shape index (κ3) is 5.43. The van der Waals surface area contributed by atoms with Crippen molar-refractivity contribution in [3.63, 3.8) is 0 Å². The highest BCUT2D eigenvalue weighted by molar-refractivity contribution is 6.39. The van der Waals surface area contributed by atoms with Crippen LogP contribution >= 0.6 is 46.4 Å². The Morgan fingerprint density at radius 1 is 0.707 bits per heavy atom. The first-order valence-corrected chi connectivity index (χ1v) is 12.5. The Morgan fingerprint density at radius 2 is 1.12 bits per heavy atom. The smallest absolute Gasteiger partial charge is 0.295 e. The molecule has 0 saturated heterocycles. The number of H-pyrrole nitrogens is 2. The lowest BCUT2D eigenvalue weighted by atomic mass is 10.1. The lowest BCUT2D eigenvalue weighted by molar-refractivity contribution is -0.384. The zero-order valence-corrected chi connectivity index (χ0v) is 22.8. The molecule has 0 aliphatic heterocycles. The average molecular weight is 635 g/mol. The first kappa shape index (κ1) is 28.0. The molecule has 2 heterocycles. The molecule has 0 fully saturated rings. The van der Waals surface area contributed by atoms with E-state index in [1.54, 1.807) is 0 Å². The maximum absolute atomic E-state index is 12.8. The molecule has 5 aromatic rings. The minimum atomic E-state index is -1.08. The van der Waals surface area contributed by atoms with Gasteiger partial charge in [-0.3, -0.25) is 19.7 Å². The Morgan fingerprint density at radius 3 is 1.51 bits per heavy atom. The van der Waals surface area contributed by atoms with Gasteiger partial charge in [-0.2, -0.15) is 0 Å². The third-order valence-corrected chi connectivity index (χ3v) is 6.69. The molecule has 13 nitrogen and oxygen atoms in total. The standard InChI is InChI=1S/C24H11Cl4N7O6/c25-10-4-13-17(15(27)6-10)29-23(38)19(13)31-33-21(36)8-1-9(3-12(2-8)35(40)41)22(37)34-32-20-14-5-11(26)7-16(28)18(14)30-24(20)39/h1-7,29-30,38-39H. The molecular formula is C24H11Cl4N7O6. The number of aromatic nitrogens is 2. The number of carbonyl (C=O) groups is 2. The molecule has 2 amide bonds. The van der Waals surface area contributed by atoms with Gasteiger partial charge in [-0.25, -0.2) is 0 Å². The van der Waals surface area contributed by atoms with Crippen LogP contribution in [0.2, 0.25) is 20.1 Å². The fourth-order valence-corrected chi connectivity index (χ4v) is 4.94. The molecule has 41 heavy (non-hydrogen) atoms. The van der Waals surface area contributed by atoms with E-state index in [1.165, 1.54) is 24.3 Å². The number of nitrogens with one attached hydrogen (secondary N) is 2. The van der Waals surface area contributed by atoms with Crippen LogP contribution in [0.1, 0.15) is 20.7 Å². The second-order valence-electron chi connectivity index (χ2n) is 8.30. The number of amides is 2. The minimum absolute atomic E-state index is 0.160. The average Bonchev–Trinajstić information content (AvgIpc) is 3.40. The lowest BCUT2D eigenvalue weighted by Crippen LogP contribution is -2.02. The molecule has 0 spiro atoms. The van der Waals surface area contributed by atoms with Crippen LogP contribution < -0.4 is 0 Å². The van der Waals surface area contributed by atoms with Crippen molar-refractivity contribution in [3.05, 3.63) is 83.8 Å². The molecule has 5 rings (SSSR count). The monoisotopic (exact) mass is 633 g/mol. The number of nitro groups is 1. The quantitative estimate of drug-likeness (QED) is 0.0848. The number of fused-ring (bicyclic) bond motifs is 2. The van der Waals surface area contributed by atoms with Crippen molar-refractivity contribution in [2.45, 2.75) is 0 Å². The van der Waals surface area contributed by atoms with Crippen LogP contribution in [0, 0.1) is 10.1 Å². The Balaban J connectivity index is 1.48. The molecule has 206 valence electrons. The molecule has 3 aromatic carbocycles. The van der Waals surface area contributed by atoms with Crippen LogP contribution in [-0.2, 0) is 0 Å². The van der Waals surface area contributed by atoms with Gasteiger partial charge in [0.2, 0.25) is 11.8 Å².